The maximum atomic E-state index is 6.01. The van der Waals surface area contributed by atoms with Crippen LogP contribution in [0.1, 0.15) is 55.4 Å². The Morgan fingerprint density at radius 3 is 0.966 bits per heavy atom. The zero-order chi connectivity index (χ0) is 22.2. The summed E-state index contributed by atoms with van der Waals surface area (Å²) in [5.74, 6) is 1.84. The van der Waals surface area contributed by atoms with Gasteiger partial charge in [0.25, 0.3) is 0 Å². The van der Waals surface area contributed by atoms with Gasteiger partial charge in [-0.3, -0.25) is 0 Å². The van der Waals surface area contributed by atoms with Crippen molar-refractivity contribution in [2.45, 2.75) is 66.5 Å². The van der Waals surface area contributed by atoms with Crippen LogP contribution in [0.2, 0.25) is 11.1 Å². The lowest BCUT2D eigenvalue weighted by atomic mass is 10.6. The number of hydrogen-bond acceptors (Lipinski definition) is 9. The minimum absolute atomic E-state index is 0.238. The second-order valence-electron chi connectivity index (χ2n) is 6.24. The first-order valence-corrected chi connectivity index (χ1v) is 18.1. The van der Waals surface area contributed by atoms with Crippen molar-refractivity contribution in [3.05, 3.63) is 0 Å². The Morgan fingerprint density at radius 2 is 0.759 bits per heavy atom. The van der Waals surface area contributed by atoms with Gasteiger partial charge in [0.1, 0.15) is 0 Å². The van der Waals surface area contributed by atoms with E-state index >= 15 is 0 Å². The van der Waals surface area contributed by atoms with Gasteiger partial charge in [-0.15, -0.1) is 0 Å². The Bertz CT molecular complexity index is 331. The standard InChI is InChI=1S/C18H42O6S3Si2/c1-9-19-28(20-10-2,21-11-3)17(7)15-25-27-26-16-18(8)29(22-12-4,23-13-5)24-14-6/h17-18H,9-16H2,1-8H3. The van der Waals surface area contributed by atoms with Crippen LogP contribution in [0.4, 0.5) is 0 Å². The fourth-order valence-electron chi connectivity index (χ4n) is 2.81. The number of rotatable bonds is 20. The van der Waals surface area contributed by atoms with Crippen LogP contribution >= 0.6 is 31.4 Å². The largest absolute Gasteiger partial charge is 0.504 e. The van der Waals surface area contributed by atoms with Crippen LogP contribution < -0.4 is 0 Å². The Morgan fingerprint density at radius 1 is 0.517 bits per heavy atom. The van der Waals surface area contributed by atoms with E-state index < -0.39 is 17.6 Å². The van der Waals surface area contributed by atoms with Crippen molar-refractivity contribution in [1.29, 1.82) is 0 Å². The SMILES string of the molecule is CCO[Si](OCC)(OCC)C(C)CSSSCC(C)[Si](OCC)(OCC)OCC. The maximum absolute atomic E-state index is 6.01. The quantitative estimate of drug-likeness (QED) is 0.114. The molecule has 0 aliphatic carbocycles. The van der Waals surface area contributed by atoms with Gasteiger partial charge in [0.15, 0.2) is 0 Å². The summed E-state index contributed by atoms with van der Waals surface area (Å²) in [6.45, 7) is 20.0. The van der Waals surface area contributed by atoms with Crippen LogP contribution in [0.25, 0.3) is 0 Å². The molecule has 6 nitrogen and oxygen atoms in total. The summed E-state index contributed by atoms with van der Waals surface area (Å²) >= 11 is 0. The zero-order valence-corrected chi connectivity index (χ0v) is 23.9. The minimum Gasteiger partial charge on any atom is -0.374 e. The molecule has 0 aliphatic rings. The van der Waals surface area contributed by atoms with Gasteiger partial charge in [-0.25, -0.2) is 0 Å². The zero-order valence-electron chi connectivity index (χ0n) is 19.5. The molecule has 176 valence electrons. The molecule has 2 unspecified atom stereocenters. The van der Waals surface area contributed by atoms with E-state index in [1.807, 2.05) is 63.1 Å². The van der Waals surface area contributed by atoms with Crippen molar-refractivity contribution in [3.63, 3.8) is 0 Å². The van der Waals surface area contributed by atoms with E-state index in [2.05, 4.69) is 13.8 Å². The Labute approximate surface area is 192 Å². The molecular weight excluding hydrogens is 465 g/mol. The summed E-state index contributed by atoms with van der Waals surface area (Å²) in [6.07, 6.45) is 0. The van der Waals surface area contributed by atoms with Gasteiger partial charge >= 0.3 is 17.6 Å². The first kappa shape index (κ1) is 30.2. The minimum atomic E-state index is -2.64. The molecule has 0 bridgehead atoms. The van der Waals surface area contributed by atoms with Gasteiger partial charge in [-0.1, -0.05) is 35.4 Å². The van der Waals surface area contributed by atoms with Gasteiger partial charge in [-0.05, 0) is 51.4 Å². The molecule has 0 rings (SSSR count). The monoisotopic (exact) mass is 506 g/mol. The first-order valence-electron chi connectivity index (χ1n) is 10.7. The van der Waals surface area contributed by atoms with Gasteiger partial charge in [0.2, 0.25) is 0 Å². The van der Waals surface area contributed by atoms with Crippen molar-refractivity contribution in [2.24, 2.45) is 0 Å². The van der Waals surface area contributed by atoms with Crippen LogP contribution in [-0.4, -0.2) is 68.8 Å². The van der Waals surface area contributed by atoms with E-state index in [-0.39, 0.29) is 11.1 Å². The van der Waals surface area contributed by atoms with Gasteiger partial charge in [0.05, 0.1) is 0 Å². The molecule has 0 N–H and O–H groups in total. The fourth-order valence-corrected chi connectivity index (χ4v) is 14.2. The second-order valence-corrected chi connectivity index (χ2v) is 16.7. The smallest absolute Gasteiger partial charge is 0.374 e. The third-order valence-electron chi connectivity index (χ3n) is 4.01. The molecule has 0 amide bonds. The average Bonchev–Trinajstić information content (AvgIpc) is 2.68. The molecular formula is C18H42O6S3Si2. The third kappa shape index (κ3) is 10.6. The molecule has 2 atom stereocenters. The highest BCUT2D eigenvalue weighted by Crippen LogP contribution is 2.42. The lowest BCUT2D eigenvalue weighted by Crippen LogP contribution is -2.50. The van der Waals surface area contributed by atoms with E-state index in [1.165, 1.54) is 0 Å². The predicted octanol–water partition coefficient (Wildman–Crippen LogP) is 5.89. The number of hydrogen-bond donors (Lipinski definition) is 0. The molecule has 0 heterocycles. The Kier molecular flexibility index (Phi) is 18.5. The van der Waals surface area contributed by atoms with Crippen LogP contribution in [0.5, 0.6) is 0 Å². The van der Waals surface area contributed by atoms with Crippen molar-refractivity contribution in [2.75, 3.05) is 51.1 Å². The molecule has 0 aromatic carbocycles. The van der Waals surface area contributed by atoms with Crippen molar-refractivity contribution < 1.29 is 26.6 Å². The van der Waals surface area contributed by atoms with E-state index in [1.54, 1.807) is 9.83 Å². The molecule has 11 heteroatoms. The summed E-state index contributed by atoms with van der Waals surface area (Å²) in [5, 5.41) is 0. The van der Waals surface area contributed by atoms with E-state index in [4.69, 9.17) is 26.6 Å². The topological polar surface area (TPSA) is 55.4 Å². The summed E-state index contributed by atoms with van der Waals surface area (Å²) in [5.41, 5.74) is 0.475. The van der Waals surface area contributed by atoms with Crippen molar-refractivity contribution >= 4 is 49.0 Å². The molecule has 0 spiro atoms. The van der Waals surface area contributed by atoms with Gasteiger partial charge < -0.3 is 26.6 Å². The lowest BCUT2D eigenvalue weighted by Gasteiger charge is -2.33. The third-order valence-corrected chi connectivity index (χ3v) is 16.2. The van der Waals surface area contributed by atoms with Crippen LogP contribution in [0, 0.1) is 0 Å². The molecule has 0 saturated heterocycles. The highest BCUT2D eigenvalue weighted by Gasteiger charge is 2.47. The summed E-state index contributed by atoms with van der Waals surface area (Å²) in [6, 6.07) is 0. The molecule has 0 aromatic heterocycles. The highest BCUT2D eigenvalue weighted by molar-refractivity contribution is 9.09. The van der Waals surface area contributed by atoms with Crippen molar-refractivity contribution in [1.82, 2.24) is 0 Å². The predicted molar refractivity (Wildman–Crippen MR) is 133 cm³/mol. The van der Waals surface area contributed by atoms with Crippen LogP contribution in [-0.2, 0) is 26.6 Å². The molecule has 29 heavy (non-hydrogen) atoms. The summed E-state index contributed by atoms with van der Waals surface area (Å²) in [7, 11) is 0.168. The molecule has 0 radical (unpaired) electrons. The molecule has 0 saturated carbocycles. The van der Waals surface area contributed by atoms with Crippen LogP contribution in [0.3, 0.4) is 0 Å². The van der Waals surface area contributed by atoms with Crippen LogP contribution in [0.15, 0.2) is 0 Å². The lowest BCUT2D eigenvalue weighted by molar-refractivity contribution is 0.0639. The van der Waals surface area contributed by atoms with Gasteiger partial charge in [-0.2, -0.15) is 0 Å². The molecule has 0 aliphatic heterocycles. The fraction of sp³-hybridized carbons (Fsp3) is 1.00. The summed E-state index contributed by atoms with van der Waals surface area (Å²) < 4.78 is 36.1. The Balaban J connectivity index is 4.62. The van der Waals surface area contributed by atoms with E-state index in [0.29, 0.717) is 39.6 Å². The first-order chi connectivity index (χ1) is 13.9. The van der Waals surface area contributed by atoms with E-state index in [9.17, 15) is 0 Å². The molecule has 0 fully saturated rings. The highest BCUT2D eigenvalue weighted by atomic mass is 33.5. The maximum Gasteiger partial charge on any atom is 0.504 e. The normalized spacial score (nSPS) is 14.9. The van der Waals surface area contributed by atoms with Gasteiger partial charge in [0, 0.05) is 62.2 Å². The second kappa shape index (κ2) is 17.8. The summed E-state index contributed by atoms with van der Waals surface area (Å²) in [4.78, 5) is 0. The van der Waals surface area contributed by atoms with E-state index in [0.717, 1.165) is 11.5 Å². The Hall–Kier alpha value is 1.24. The average molecular weight is 507 g/mol. The van der Waals surface area contributed by atoms with Crippen molar-refractivity contribution in [3.8, 4) is 0 Å². The molecule has 0 aromatic rings.